The van der Waals surface area contributed by atoms with Gasteiger partial charge in [-0.3, -0.25) is 0 Å². The zero-order valence-corrected chi connectivity index (χ0v) is 13.0. The number of nitrogens with one attached hydrogen (secondary N) is 1. The van der Waals surface area contributed by atoms with E-state index in [1.807, 2.05) is 12.1 Å². The SMILES string of the molecule is CC(C)CNCc1c(F)cccc1Sc1cccc(F)c1. The summed E-state index contributed by atoms with van der Waals surface area (Å²) in [5, 5.41) is 3.25. The maximum Gasteiger partial charge on any atom is 0.128 e. The molecule has 0 aromatic heterocycles. The van der Waals surface area contributed by atoms with Gasteiger partial charge in [0.1, 0.15) is 11.6 Å². The van der Waals surface area contributed by atoms with Gasteiger partial charge in [-0.05, 0) is 42.8 Å². The van der Waals surface area contributed by atoms with Gasteiger partial charge in [0.25, 0.3) is 0 Å². The summed E-state index contributed by atoms with van der Waals surface area (Å²) in [6.07, 6.45) is 0. The molecule has 0 heterocycles. The molecule has 0 saturated heterocycles. The van der Waals surface area contributed by atoms with E-state index < -0.39 is 0 Å². The third-order valence-electron chi connectivity index (χ3n) is 2.95. The molecule has 0 spiro atoms. The first kappa shape index (κ1) is 16.0. The molecule has 2 aromatic carbocycles. The van der Waals surface area contributed by atoms with Gasteiger partial charge in [0, 0.05) is 21.9 Å². The molecule has 0 aliphatic carbocycles. The first-order valence-electron chi connectivity index (χ1n) is 6.98. The largest absolute Gasteiger partial charge is 0.312 e. The van der Waals surface area contributed by atoms with Crippen LogP contribution < -0.4 is 5.32 Å². The van der Waals surface area contributed by atoms with E-state index in [9.17, 15) is 8.78 Å². The predicted octanol–water partition coefficient (Wildman–Crippen LogP) is 4.86. The van der Waals surface area contributed by atoms with Crippen molar-refractivity contribution in [2.75, 3.05) is 6.54 Å². The monoisotopic (exact) mass is 307 g/mol. The van der Waals surface area contributed by atoms with E-state index in [1.54, 1.807) is 12.1 Å². The number of benzene rings is 2. The highest BCUT2D eigenvalue weighted by atomic mass is 32.2. The van der Waals surface area contributed by atoms with E-state index in [1.165, 1.54) is 30.0 Å². The lowest BCUT2D eigenvalue weighted by atomic mass is 10.2. The molecule has 0 unspecified atom stereocenters. The van der Waals surface area contributed by atoms with Crippen LogP contribution in [0.5, 0.6) is 0 Å². The Hall–Kier alpha value is -1.39. The summed E-state index contributed by atoms with van der Waals surface area (Å²) in [5.41, 5.74) is 0.632. The van der Waals surface area contributed by atoms with Gasteiger partial charge >= 0.3 is 0 Å². The maximum atomic E-state index is 14.0. The highest BCUT2D eigenvalue weighted by Gasteiger charge is 2.10. The lowest BCUT2D eigenvalue weighted by molar-refractivity contribution is 0.530. The fraction of sp³-hybridized carbons (Fsp3) is 0.294. The van der Waals surface area contributed by atoms with Crippen molar-refractivity contribution in [3.63, 3.8) is 0 Å². The molecule has 0 saturated carbocycles. The zero-order valence-electron chi connectivity index (χ0n) is 12.2. The van der Waals surface area contributed by atoms with Crippen molar-refractivity contribution in [3.05, 3.63) is 59.7 Å². The summed E-state index contributed by atoms with van der Waals surface area (Å²) in [7, 11) is 0. The summed E-state index contributed by atoms with van der Waals surface area (Å²) >= 11 is 1.38. The van der Waals surface area contributed by atoms with Gasteiger partial charge in [-0.25, -0.2) is 8.78 Å². The van der Waals surface area contributed by atoms with Crippen LogP contribution in [-0.2, 0) is 6.54 Å². The quantitative estimate of drug-likeness (QED) is 0.818. The van der Waals surface area contributed by atoms with Crippen molar-refractivity contribution in [2.45, 2.75) is 30.2 Å². The molecule has 112 valence electrons. The topological polar surface area (TPSA) is 12.0 Å². The molecule has 1 N–H and O–H groups in total. The predicted molar refractivity (Wildman–Crippen MR) is 83.5 cm³/mol. The fourth-order valence-electron chi connectivity index (χ4n) is 1.95. The number of rotatable bonds is 6. The van der Waals surface area contributed by atoms with Gasteiger partial charge in [0.2, 0.25) is 0 Å². The van der Waals surface area contributed by atoms with Gasteiger partial charge < -0.3 is 5.32 Å². The van der Waals surface area contributed by atoms with Crippen molar-refractivity contribution in [3.8, 4) is 0 Å². The van der Waals surface area contributed by atoms with Gasteiger partial charge in [0.05, 0.1) is 0 Å². The Morgan fingerprint density at radius 1 is 1.10 bits per heavy atom. The molecule has 0 atom stereocenters. The van der Waals surface area contributed by atoms with Gasteiger partial charge in [0.15, 0.2) is 0 Å². The van der Waals surface area contributed by atoms with E-state index in [0.717, 1.165) is 16.3 Å². The van der Waals surface area contributed by atoms with Crippen molar-refractivity contribution in [1.29, 1.82) is 0 Å². The van der Waals surface area contributed by atoms with Crippen LogP contribution in [0.3, 0.4) is 0 Å². The number of halogens is 2. The normalized spacial score (nSPS) is 11.1. The van der Waals surface area contributed by atoms with Gasteiger partial charge in [-0.1, -0.05) is 37.7 Å². The summed E-state index contributed by atoms with van der Waals surface area (Å²) in [5.74, 6) is -0.000333. The molecule has 0 radical (unpaired) electrons. The molecule has 21 heavy (non-hydrogen) atoms. The minimum atomic E-state index is -0.282. The van der Waals surface area contributed by atoms with Gasteiger partial charge in [-0.2, -0.15) is 0 Å². The van der Waals surface area contributed by atoms with E-state index in [-0.39, 0.29) is 11.6 Å². The van der Waals surface area contributed by atoms with Crippen molar-refractivity contribution in [1.82, 2.24) is 5.32 Å². The smallest absolute Gasteiger partial charge is 0.128 e. The van der Waals surface area contributed by atoms with Crippen LogP contribution in [0, 0.1) is 17.6 Å². The first-order valence-corrected chi connectivity index (χ1v) is 7.79. The van der Waals surface area contributed by atoms with Crippen LogP contribution in [0.1, 0.15) is 19.4 Å². The molecule has 0 aliphatic rings. The zero-order chi connectivity index (χ0) is 15.2. The highest BCUT2D eigenvalue weighted by molar-refractivity contribution is 7.99. The Balaban J connectivity index is 2.16. The summed E-state index contributed by atoms with van der Waals surface area (Å²) in [4.78, 5) is 1.59. The van der Waals surface area contributed by atoms with E-state index in [2.05, 4.69) is 19.2 Å². The van der Waals surface area contributed by atoms with E-state index in [4.69, 9.17) is 0 Å². The second kappa shape index (κ2) is 7.57. The van der Waals surface area contributed by atoms with Crippen molar-refractivity contribution >= 4 is 11.8 Å². The standard InChI is InChI=1S/C17H19F2NS/c1-12(2)10-20-11-15-16(19)7-4-8-17(15)21-14-6-3-5-13(18)9-14/h3-9,12,20H,10-11H2,1-2H3. The lowest BCUT2D eigenvalue weighted by Crippen LogP contribution is -2.20. The summed E-state index contributed by atoms with van der Waals surface area (Å²) in [6.45, 7) is 5.52. The maximum absolute atomic E-state index is 14.0. The van der Waals surface area contributed by atoms with Gasteiger partial charge in [-0.15, -0.1) is 0 Å². The lowest BCUT2D eigenvalue weighted by Gasteiger charge is -2.12. The van der Waals surface area contributed by atoms with Crippen LogP contribution in [0.25, 0.3) is 0 Å². The van der Waals surface area contributed by atoms with Crippen LogP contribution in [0.2, 0.25) is 0 Å². The van der Waals surface area contributed by atoms with E-state index in [0.29, 0.717) is 18.0 Å². The van der Waals surface area contributed by atoms with Crippen molar-refractivity contribution < 1.29 is 8.78 Å². The second-order valence-electron chi connectivity index (χ2n) is 5.30. The molecule has 0 aliphatic heterocycles. The minimum absolute atomic E-state index is 0.229. The average molecular weight is 307 g/mol. The molecule has 2 rings (SSSR count). The minimum Gasteiger partial charge on any atom is -0.312 e. The molecule has 0 bridgehead atoms. The number of hydrogen-bond donors (Lipinski definition) is 1. The fourth-order valence-corrected chi connectivity index (χ4v) is 2.96. The molecule has 2 aromatic rings. The molecular weight excluding hydrogens is 288 g/mol. The third kappa shape index (κ3) is 4.83. The third-order valence-corrected chi connectivity index (χ3v) is 4.05. The summed E-state index contributed by atoms with van der Waals surface area (Å²) in [6, 6.07) is 11.4. The molecule has 0 amide bonds. The Morgan fingerprint density at radius 2 is 1.86 bits per heavy atom. The van der Waals surface area contributed by atoms with Crippen LogP contribution in [-0.4, -0.2) is 6.54 Å². The van der Waals surface area contributed by atoms with Crippen LogP contribution >= 0.6 is 11.8 Å². The van der Waals surface area contributed by atoms with Crippen LogP contribution in [0.15, 0.2) is 52.3 Å². The Bertz CT molecular complexity index is 599. The Kier molecular flexibility index (Phi) is 5.76. The van der Waals surface area contributed by atoms with E-state index >= 15 is 0 Å². The highest BCUT2D eigenvalue weighted by Crippen LogP contribution is 2.32. The Morgan fingerprint density at radius 3 is 2.57 bits per heavy atom. The van der Waals surface area contributed by atoms with Crippen LogP contribution in [0.4, 0.5) is 8.78 Å². The Labute approximate surface area is 128 Å². The van der Waals surface area contributed by atoms with Crippen molar-refractivity contribution in [2.24, 2.45) is 5.92 Å². The second-order valence-corrected chi connectivity index (χ2v) is 6.42. The summed E-state index contributed by atoms with van der Waals surface area (Å²) < 4.78 is 27.3. The molecule has 4 heteroatoms. The molecular formula is C17H19F2NS. The number of hydrogen-bond acceptors (Lipinski definition) is 2. The molecule has 1 nitrogen and oxygen atoms in total. The first-order chi connectivity index (χ1) is 10.1. The molecule has 0 fully saturated rings. The average Bonchev–Trinajstić information content (AvgIpc) is 2.41.